The Labute approximate surface area is 115 Å². The molecule has 4 heteroatoms. The molecule has 2 rings (SSSR count). The number of halogens is 1. The molecule has 0 radical (unpaired) electrons. The van der Waals surface area contributed by atoms with E-state index in [0.29, 0.717) is 11.6 Å². The van der Waals surface area contributed by atoms with Crippen LogP contribution in [0.3, 0.4) is 0 Å². The molecule has 2 atom stereocenters. The van der Waals surface area contributed by atoms with E-state index in [1.54, 1.807) is 6.07 Å². The molecule has 1 unspecified atom stereocenters. The summed E-state index contributed by atoms with van der Waals surface area (Å²) in [6.45, 7) is 3.76. The summed E-state index contributed by atoms with van der Waals surface area (Å²) < 4.78 is 14.0. The zero-order valence-corrected chi connectivity index (χ0v) is 12.1. The van der Waals surface area contributed by atoms with Crippen LogP contribution >= 0.6 is 0 Å². The summed E-state index contributed by atoms with van der Waals surface area (Å²) in [7, 11) is 4.21. The zero-order valence-electron chi connectivity index (χ0n) is 12.1. The van der Waals surface area contributed by atoms with Crippen LogP contribution in [0.4, 0.5) is 10.1 Å². The Morgan fingerprint density at radius 3 is 2.79 bits per heavy atom. The smallest absolute Gasteiger partial charge is 0.130 e. The first kappa shape index (κ1) is 14.3. The lowest BCUT2D eigenvalue weighted by Crippen LogP contribution is -2.45. The predicted octanol–water partition coefficient (Wildman–Crippen LogP) is 2.38. The molecule has 1 aromatic carbocycles. The highest BCUT2D eigenvalue weighted by molar-refractivity contribution is 5.56. The molecule has 1 aliphatic heterocycles. The van der Waals surface area contributed by atoms with Gasteiger partial charge < -0.3 is 15.5 Å². The van der Waals surface area contributed by atoms with Crippen molar-refractivity contribution in [3.05, 3.63) is 29.6 Å². The standard InChI is InChI=1S/C15H24FN3/c1-11(17)15-13(16)7-4-8-14(15)19-9-5-6-12(10-19)18(2)3/h4,7-8,11-12H,5-6,9-10,17H2,1-3H3/t11-,12?/m1/s1. The minimum Gasteiger partial charge on any atom is -0.370 e. The van der Waals surface area contributed by atoms with Crippen LogP contribution in [0.25, 0.3) is 0 Å². The number of benzene rings is 1. The summed E-state index contributed by atoms with van der Waals surface area (Å²) in [5.41, 5.74) is 7.54. The van der Waals surface area contributed by atoms with Crippen LogP contribution in [0.5, 0.6) is 0 Å². The molecule has 19 heavy (non-hydrogen) atoms. The second-order valence-corrected chi connectivity index (χ2v) is 5.67. The van der Waals surface area contributed by atoms with Gasteiger partial charge in [0.25, 0.3) is 0 Å². The largest absolute Gasteiger partial charge is 0.370 e. The summed E-state index contributed by atoms with van der Waals surface area (Å²) in [6.07, 6.45) is 2.34. The molecule has 1 fully saturated rings. The van der Waals surface area contributed by atoms with Gasteiger partial charge in [0.15, 0.2) is 0 Å². The van der Waals surface area contributed by atoms with Crippen LogP contribution in [0.15, 0.2) is 18.2 Å². The number of anilines is 1. The fourth-order valence-electron chi connectivity index (χ4n) is 2.85. The van der Waals surface area contributed by atoms with Crippen molar-refractivity contribution >= 4 is 5.69 Å². The van der Waals surface area contributed by atoms with Gasteiger partial charge in [0.2, 0.25) is 0 Å². The SMILES string of the molecule is C[C@@H](N)c1c(F)cccc1N1CCCC(N(C)C)C1. The van der Waals surface area contributed by atoms with E-state index in [1.807, 2.05) is 13.0 Å². The Hall–Kier alpha value is -1.13. The Kier molecular flexibility index (Phi) is 4.42. The van der Waals surface area contributed by atoms with Gasteiger partial charge in [-0.3, -0.25) is 0 Å². The van der Waals surface area contributed by atoms with Gasteiger partial charge in [-0.05, 0) is 46.0 Å². The van der Waals surface area contributed by atoms with Crippen LogP contribution in [-0.4, -0.2) is 38.1 Å². The Morgan fingerprint density at radius 1 is 1.42 bits per heavy atom. The maximum Gasteiger partial charge on any atom is 0.130 e. The van der Waals surface area contributed by atoms with E-state index in [2.05, 4.69) is 23.9 Å². The fraction of sp³-hybridized carbons (Fsp3) is 0.600. The van der Waals surface area contributed by atoms with Crippen LogP contribution in [-0.2, 0) is 0 Å². The minimum absolute atomic E-state index is 0.195. The number of hydrogen-bond donors (Lipinski definition) is 1. The highest BCUT2D eigenvalue weighted by atomic mass is 19.1. The molecule has 0 bridgehead atoms. The predicted molar refractivity (Wildman–Crippen MR) is 77.9 cm³/mol. The number of hydrogen-bond acceptors (Lipinski definition) is 3. The highest BCUT2D eigenvalue weighted by Gasteiger charge is 2.24. The topological polar surface area (TPSA) is 32.5 Å². The minimum atomic E-state index is -0.282. The molecule has 0 aliphatic carbocycles. The van der Waals surface area contributed by atoms with Gasteiger partial charge in [0, 0.05) is 36.4 Å². The van der Waals surface area contributed by atoms with Crippen molar-refractivity contribution in [1.29, 1.82) is 0 Å². The van der Waals surface area contributed by atoms with Crippen LogP contribution in [0, 0.1) is 5.82 Å². The van der Waals surface area contributed by atoms with Crippen LogP contribution in [0.1, 0.15) is 31.4 Å². The fourth-order valence-corrected chi connectivity index (χ4v) is 2.85. The monoisotopic (exact) mass is 265 g/mol. The van der Waals surface area contributed by atoms with E-state index in [-0.39, 0.29) is 11.9 Å². The van der Waals surface area contributed by atoms with Crippen molar-refractivity contribution in [2.45, 2.75) is 31.8 Å². The molecular weight excluding hydrogens is 241 g/mol. The third kappa shape index (κ3) is 3.07. The van der Waals surface area contributed by atoms with Crippen LogP contribution < -0.4 is 10.6 Å². The van der Waals surface area contributed by atoms with Crippen molar-refractivity contribution in [1.82, 2.24) is 4.90 Å². The molecule has 1 aromatic rings. The van der Waals surface area contributed by atoms with Gasteiger partial charge in [-0.1, -0.05) is 6.07 Å². The second kappa shape index (κ2) is 5.88. The molecule has 0 saturated carbocycles. The summed E-state index contributed by atoms with van der Waals surface area (Å²) >= 11 is 0. The van der Waals surface area contributed by atoms with Gasteiger partial charge >= 0.3 is 0 Å². The third-order valence-electron chi connectivity index (χ3n) is 3.95. The first-order valence-electron chi connectivity index (χ1n) is 6.96. The number of likely N-dealkylation sites (N-methyl/N-ethyl adjacent to an activating group) is 1. The Bertz CT molecular complexity index is 431. The van der Waals surface area contributed by atoms with Gasteiger partial charge in [0.1, 0.15) is 5.82 Å². The van der Waals surface area contributed by atoms with Gasteiger partial charge in [0.05, 0.1) is 0 Å². The maximum atomic E-state index is 14.0. The molecule has 0 amide bonds. The normalized spacial score (nSPS) is 21.8. The lowest BCUT2D eigenvalue weighted by atomic mass is 10.00. The second-order valence-electron chi connectivity index (χ2n) is 5.67. The number of rotatable bonds is 3. The molecule has 0 spiro atoms. The number of piperidine rings is 1. The lowest BCUT2D eigenvalue weighted by Gasteiger charge is -2.38. The molecule has 1 heterocycles. The van der Waals surface area contributed by atoms with Gasteiger partial charge in [-0.15, -0.1) is 0 Å². The number of nitrogens with zero attached hydrogens (tertiary/aromatic N) is 2. The molecular formula is C15H24FN3. The quantitative estimate of drug-likeness (QED) is 0.910. The first-order valence-corrected chi connectivity index (χ1v) is 6.96. The van der Waals surface area contributed by atoms with Gasteiger partial charge in [-0.2, -0.15) is 0 Å². The molecule has 0 aromatic heterocycles. The highest BCUT2D eigenvalue weighted by Crippen LogP contribution is 2.30. The van der Waals surface area contributed by atoms with E-state index in [9.17, 15) is 4.39 Å². The van der Waals surface area contributed by atoms with Crippen molar-refractivity contribution < 1.29 is 4.39 Å². The van der Waals surface area contributed by atoms with E-state index < -0.39 is 0 Å². The molecule has 106 valence electrons. The van der Waals surface area contributed by atoms with E-state index in [4.69, 9.17) is 5.73 Å². The Morgan fingerprint density at radius 2 is 2.16 bits per heavy atom. The summed E-state index contributed by atoms with van der Waals surface area (Å²) in [5.74, 6) is -0.195. The molecule has 1 aliphatic rings. The number of nitrogens with two attached hydrogens (primary N) is 1. The van der Waals surface area contributed by atoms with E-state index in [0.717, 1.165) is 25.2 Å². The lowest BCUT2D eigenvalue weighted by molar-refractivity contribution is 0.258. The van der Waals surface area contributed by atoms with Crippen molar-refractivity contribution in [3.8, 4) is 0 Å². The van der Waals surface area contributed by atoms with E-state index in [1.165, 1.54) is 12.5 Å². The zero-order chi connectivity index (χ0) is 14.0. The Balaban J connectivity index is 2.28. The summed E-state index contributed by atoms with van der Waals surface area (Å²) in [5, 5.41) is 0. The maximum absolute atomic E-state index is 14.0. The average molecular weight is 265 g/mol. The van der Waals surface area contributed by atoms with Crippen LogP contribution in [0.2, 0.25) is 0 Å². The van der Waals surface area contributed by atoms with Crippen molar-refractivity contribution in [2.75, 3.05) is 32.1 Å². The molecule has 2 N–H and O–H groups in total. The molecule has 1 saturated heterocycles. The summed E-state index contributed by atoms with van der Waals surface area (Å²) in [6, 6.07) is 5.50. The third-order valence-corrected chi connectivity index (χ3v) is 3.95. The van der Waals surface area contributed by atoms with Crippen molar-refractivity contribution in [3.63, 3.8) is 0 Å². The van der Waals surface area contributed by atoms with Crippen molar-refractivity contribution in [2.24, 2.45) is 5.73 Å². The average Bonchev–Trinajstić information content (AvgIpc) is 2.38. The van der Waals surface area contributed by atoms with E-state index >= 15 is 0 Å². The first-order chi connectivity index (χ1) is 9.00. The van der Waals surface area contributed by atoms with Gasteiger partial charge in [-0.25, -0.2) is 4.39 Å². The molecule has 3 nitrogen and oxygen atoms in total. The summed E-state index contributed by atoms with van der Waals surface area (Å²) in [4.78, 5) is 4.52.